The molecule has 80 valence electrons. The molecule has 0 saturated heterocycles. The molecule has 1 aliphatic rings. The lowest BCUT2D eigenvalue weighted by Gasteiger charge is -2.14. The van der Waals surface area contributed by atoms with E-state index in [0.29, 0.717) is 5.56 Å². The summed E-state index contributed by atoms with van der Waals surface area (Å²) >= 11 is 0. The Balaban J connectivity index is 2.20. The summed E-state index contributed by atoms with van der Waals surface area (Å²) in [5, 5.41) is 0. The molecular formula is C12H15NO2. The summed E-state index contributed by atoms with van der Waals surface area (Å²) in [6.45, 7) is 0.753. The molecule has 1 saturated carbocycles. The maximum atomic E-state index is 10.9. The smallest absolute Gasteiger partial charge is 0.248 e. The van der Waals surface area contributed by atoms with Gasteiger partial charge in [-0.3, -0.25) is 4.79 Å². The molecule has 0 atom stereocenters. The zero-order valence-corrected chi connectivity index (χ0v) is 8.82. The third-order valence-corrected chi connectivity index (χ3v) is 3.06. The number of primary amides is 1. The topological polar surface area (TPSA) is 52.3 Å². The van der Waals surface area contributed by atoms with Gasteiger partial charge in [-0.25, -0.2) is 0 Å². The van der Waals surface area contributed by atoms with Gasteiger partial charge in [0, 0.05) is 18.1 Å². The van der Waals surface area contributed by atoms with E-state index in [0.717, 1.165) is 19.4 Å². The summed E-state index contributed by atoms with van der Waals surface area (Å²) in [4.78, 5) is 10.9. The first-order valence-corrected chi connectivity index (χ1v) is 5.07. The summed E-state index contributed by atoms with van der Waals surface area (Å²) in [5.74, 6) is -0.377. The van der Waals surface area contributed by atoms with Gasteiger partial charge in [0.05, 0.1) is 6.61 Å². The van der Waals surface area contributed by atoms with Crippen molar-refractivity contribution in [1.29, 1.82) is 0 Å². The molecule has 0 bridgehead atoms. The van der Waals surface area contributed by atoms with E-state index >= 15 is 0 Å². The van der Waals surface area contributed by atoms with Crippen LogP contribution in [0.25, 0.3) is 0 Å². The monoisotopic (exact) mass is 205 g/mol. The number of hydrogen-bond acceptors (Lipinski definition) is 2. The molecule has 3 heteroatoms. The number of methoxy groups -OCH3 is 1. The van der Waals surface area contributed by atoms with Crippen molar-refractivity contribution in [1.82, 2.24) is 0 Å². The lowest BCUT2D eigenvalue weighted by atomic mass is 9.96. The number of carbonyl (C=O) groups is 1. The number of rotatable bonds is 4. The minimum absolute atomic E-state index is 0.199. The van der Waals surface area contributed by atoms with Gasteiger partial charge in [0.25, 0.3) is 0 Å². The Hall–Kier alpha value is -1.35. The highest BCUT2D eigenvalue weighted by Gasteiger charge is 2.44. The second-order valence-electron chi connectivity index (χ2n) is 4.15. The molecule has 1 fully saturated rings. The van der Waals surface area contributed by atoms with Gasteiger partial charge in [0.2, 0.25) is 5.91 Å². The highest BCUT2D eigenvalue weighted by atomic mass is 16.5. The van der Waals surface area contributed by atoms with Crippen LogP contribution in [0.2, 0.25) is 0 Å². The Labute approximate surface area is 89.2 Å². The van der Waals surface area contributed by atoms with Crippen molar-refractivity contribution in [2.45, 2.75) is 18.3 Å². The van der Waals surface area contributed by atoms with Crippen molar-refractivity contribution in [3.05, 3.63) is 35.4 Å². The summed E-state index contributed by atoms with van der Waals surface area (Å²) in [6, 6.07) is 7.53. The van der Waals surface area contributed by atoms with Crippen LogP contribution in [0.5, 0.6) is 0 Å². The summed E-state index contributed by atoms with van der Waals surface area (Å²) in [7, 11) is 1.72. The average molecular weight is 205 g/mol. The Bertz CT molecular complexity index is 366. The highest BCUT2D eigenvalue weighted by molar-refractivity contribution is 5.92. The van der Waals surface area contributed by atoms with E-state index in [1.807, 2.05) is 12.1 Å². The van der Waals surface area contributed by atoms with E-state index < -0.39 is 0 Å². The first-order chi connectivity index (χ1) is 7.18. The molecule has 0 heterocycles. The fraction of sp³-hybridized carbons (Fsp3) is 0.417. The molecule has 2 N–H and O–H groups in total. The van der Waals surface area contributed by atoms with E-state index in [1.165, 1.54) is 5.56 Å². The van der Waals surface area contributed by atoms with Crippen LogP contribution in [0.3, 0.4) is 0 Å². The van der Waals surface area contributed by atoms with E-state index in [-0.39, 0.29) is 11.3 Å². The molecule has 15 heavy (non-hydrogen) atoms. The molecule has 0 aliphatic heterocycles. The van der Waals surface area contributed by atoms with Crippen LogP contribution in [0, 0.1) is 0 Å². The van der Waals surface area contributed by atoms with Crippen molar-refractivity contribution in [2.24, 2.45) is 5.73 Å². The minimum Gasteiger partial charge on any atom is -0.384 e. The van der Waals surface area contributed by atoms with Gasteiger partial charge < -0.3 is 10.5 Å². The molecule has 2 rings (SSSR count). The van der Waals surface area contributed by atoms with Crippen molar-refractivity contribution >= 4 is 5.91 Å². The predicted molar refractivity (Wildman–Crippen MR) is 57.7 cm³/mol. The van der Waals surface area contributed by atoms with Crippen LogP contribution in [-0.2, 0) is 10.2 Å². The number of hydrogen-bond donors (Lipinski definition) is 1. The molecule has 0 spiro atoms. The Morgan fingerprint density at radius 2 is 2.00 bits per heavy atom. The fourth-order valence-corrected chi connectivity index (χ4v) is 1.93. The maximum Gasteiger partial charge on any atom is 0.248 e. The number of ether oxygens (including phenoxy) is 1. The van der Waals surface area contributed by atoms with Gasteiger partial charge in [-0.05, 0) is 30.5 Å². The molecule has 0 unspecified atom stereocenters. The van der Waals surface area contributed by atoms with Crippen LogP contribution in [0.15, 0.2) is 24.3 Å². The summed E-state index contributed by atoms with van der Waals surface area (Å²) < 4.78 is 5.21. The predicted octanol–water partition coefficient (Wildman–Crippen LogP) is 1.46. The van der Waals surface area contributed by atoms with Gasteiger partial charge in [0.15, 0.2) is 0 Å². The van der Waals surface area contributed by atoms with E-state index in [1.54, 1.807) is 19.2 Å². The normalized spacial score (nSPS) is 17.4. The van der Waals surface area contributed by atoms with Crippen LogP contribution in [-0.4, -0.2) is 19.6 Å². The van der Waals surface area contributed by atoms with Gasteiger partial charge in [-0.1, -0.05) is 12.1 Å². The van der Waals surface area contributed by atoms with Gasteiger partial charge >= 0.3 is 0 Å². The maximum absolute atomic E-state index is 10.9. The molecule has 1 amide bonds. The first-order valence-electron chi connectivity index (χ1n) is 5.07. The highest BCUT2D eigenvalue weighted by Crippen LogP contribution is 2.48. The molecule has 1 aromatic rings. The Morgan fingerprint density at radius 1 is 1.40 bits per heavy atom. The third kappa shape index (κ3) is 1.88. The zero-order chi connectivity index (χ0) is 10.9. The number of amides is 1. The van der Waals surface area contributed by atoms with Crippen molar-refractivity contribution in [2.75, 3.05) is 13.7 Å². The molecular weight excluding hydrogens is 190 g/mol. The second kappa shape index (κ2) is 3.66. The summed E-state index contributed by atoms with van der Waals surface area (Å²) in [5.41, 5.74) is 7.19. The number of benzene rings is 1. The van der Waals surface area contributed by atoms with Crippen LogP contribution >= 0.6 is 0 Å². The average Bonchev–Trinajstić information content (AvgIpc) is 3.00. The van der Waals surface area contributed by atoms with E-state index in [2.05, 4.69) is 0 Å². The van der Waals surface area contributed by atoms with Crippen LogP contribution < -0.4 is 5.73 Å². The van der Waals surface area contributed by atoms with Gasteiger partial charge in [-0.15, -0.1) is 0 Å². The summed E-state index contributed by atoms with van der Waals surface area (Å²) in [6.07, 6.45) is 2.33. The standard InChI is InChI=1S/C12H15NO2/c1-15-8-12(6-7-12)10-4-2-9(3-5-10)11(13)14/h2-5H,6-8H2,1H3,(H2,13,14). The molecule has 0 radical (unpaired) electrons. The lowest BCUT2D eigenvalue weighted by molar-refractivity contribution is 0.100. The molecule has 0 aromatic heterocycles. The number of nitrogens with two attached hydrogens (primary N) is 1. The fourth-order valence-electron chi connectivity index (χ4n) is 1.93. The van der Waals surface area contributed by atoms with Gasteiger partial charge in [0.1, 0.15) is 0 Å². The Kier molecular flexibility index (Phi) is 2.49. The Morgan fingerprint density at radius 3 is 2.40 bits per heavy atom. The molecule has 1 aromatic carbocycles. The van der Waals surface area contributed by atoms with Crippen molar-refractivity contribution in [3.63, 3.8) is 0 Å². The molecule has 3 nitrogen and oxygen atoms in total. The zero-order valence-electron chi connectivity index (χ0n) is 8.82. The first kappa shape index (κ1) is 10.2. The van der Waals surface area contributed by atoms with E-state index in [4.69, 9.17) is 10.5 Å². The quantitative estimate of drug-likeness (QED) is 0.809. The SMILES string of the molecule is COCC1(c2ccc(C(N)=O)cc2)CC1. The molecule has 1 aliphatic carbocycles. The van der Waals surface area contributed by atoms with Crippen LogP contribution in [0.1, 0.15) is 28.8 Å². The largest absolute Gasteiger partial charge is 0.384 e. The third-order valence-electron chi connectivity index (χ3n) is 3.06. The van der Waals surface area contributed by atoms with Gasteiger partial charge in [-0.2, -0.15) is 0 Å². The second-order valence-corrected chi connectivity index (χ2v) is 4.15. The van der Waals surface area contributed by atoms with Crippen LogP contribution in [0.4, 0.5) is 0 Å². The van der Waals surface area contributed by atoms with Crippen molar-refractivity contribution < 1.29 is 9.53 Å². The minimum atomic E-state index is -0.377. The number of carbonyl (C=O) groups excluding carboxylic acids is 1. The van der Waals surface area contributed by atoms with Crippen molar-refractivity contribution in [3.8, 4) is 0 Å². The van der Waals surface area contributed by atoms with E-state index in [9.17, 15) is 4.79 Å². The lowest BCUT2D eigenvalue weighted by Crippen LogP contribution is -2.15.